The molecule has 7 nitrogen and oxygen atoms in total. The zero-order valence-electron chi connectivity index (χ0n) is 19.3. The first-order chi connectivity index (χ1) is 16.2. The molecule has 0 bridgehead atoms. The van der Waals surface area contributed by atoms with Crippen molar-refractivity contribution in [1.29, 1.82) is 0 Å². The van der Waals surface area contributed by atoms with E-state index in [0.717, 1.165) is 22.0 Å². The Balaban J connectivity index is 2.13. The summed E-state index contributed by atoms with van der Waals surface area (Å²) in [6.45, 7) is 0. The number of anilines is 2. The molecule has 4 rings (SSSR count). The van der Waals surface area contributed by atoms with Gasteiger partial charge in [0.1, 0.15) is 25.4 Å². The lowest BCUT2D eigenvalue weighted by atomic mass is 9.90. The molecule has 0 fully saturated rings. The second-order valence-corrected chi connectivity index (χ2v) is 9.12. The molecule has 174 valence electrons. The molecule has 0 radical (unpaired) electrons. The van der Waals surface area contributed by atoms with Crippen LogP contribution in [0.15, 0.2) is 59.0 Å². The Bertz CT molecular complexity index is 1470. The average molecular weight is 569 g/mol. The number of alkyl halides is 1. The molecule has 2 aromatic rings. The molecule has 0 unspecified atom stereocenters. The standard InChI is InChI=1S/C26H24IN3O4/c1-29(2)16-6-9-19-22(12-16)34-23-13-17(30(3)4)7-10-20(23)25(19)21-11-15(28-24(31)14-27)5-8-18(21)26(32)33/h5-13H,14H2,1-4H3,(H-,28,31,32,33). The van der Waals surface area contributed by atoms with Crippen LogP contribution in [0, 0.1) is 0 Å². The smallest absolute Gasteiger partial charge is 0.234 e. The largest absolute Gasteiger partial charge is 0.545 e. The summed E-state index contributed by atoms with van der Waals surface area (Å²) in [6.07, 6.45) is 0. The lowest BCUT2D eigenvalue weighted by Gasteiger charge is -2.20. The normalized spacial score (nSPS) is 11.0. The fourth-order valence-electron chi connectivity index (χ4n) is 3.92. The number of halogens is 1. The van der Waals surface area contributed by atoms with Gasteiger partial charge in [-0.25, -0.2) is 4.58 Å². The van der Waals surface area contributed by atoms with E-state index in [1.165, 1.54) is 6.07 Å². The highest BCUT2D eigenvalue weighted by Gasteiger charge is 2.21. The quantitative estimate of drug-likeness (QED) is 0.173. The highest BCUT2D eigenvalue weighted by molar-refractivity contribution is 14.1. The van der Waals surface area contributed by atoms with Gasteiger partial charge in [0.15, 0.2) is 0 Å². The van der Waals surface area contributed by atoms with E-state index >= 15 is 0 Å². The molecule has 1 aliphatic carbocycles. The van der Waals surface area contributed by atoms with Crippen molar-refractivity contribution in [3.63, 3.8) is 0 Å². The third-order valence-corrected chi connectivity index (χ3v) is 6.33. The number of carboxylic acid groups (broad SMARTS) is 1. The van der Waals surface area contributed by atoms with E-state index in [0.29, 0.717) is 28.2 Å². The zero-order valence-corrected chi connectivity index (χ0v) is 21.5. The predicted molar refractivity (Wildman–Crippen MR) is 142 cm³/mol. The van der Waals surface area contributed by atoms with Crippen LogP contribution in [0.4, 0.5) is 11.4 Å². The zero-order chi connectivity index (χ0) is 24.6. The molecule has 1 heterocycles. The Labute approximate surface area is 210 Å². The van der Waals surface area contributed by atoms with E-state index in [-0.39, 0.29) is 15.9 Å². The number of hydrogen-bond donors (Lipinski definition) is 1. The second-order valence-electron chi connectivity index (χ2n) is 8.36. The summed E-state index contributed by atoms with van der Waals surface area (Å²) in [6, 6.07) is 16.4. The summed E-state index contributed by atoms with van der Waals surface area (Å²) in [7, 11) is 7.78. The van der Waals surface area contributed by atoms with Gasteiger partial charge in [0.25, 0.3) is 0 Å². The van der Waals surface area contributed by atoms with Gasteiger partial charge in [-0.3, -0.25) is 4.79 Å². The molecule has 2 aliphatic rings. The SMILES string of the molecule is CN(C)c1ccc2c(-c3cc(NC(=O)CI)ccc3C(=O)[O-])c3ccc(=[N+](C)C)cc-3oc2c1. The van der Waals surface area contributed by atoms with Crippen molar-refractivity contribution >= 4 is 56.8 Å². The molecule has 0 aromatic heterocycles. The van der Waals surface area contributed by atoms with E-state index in [1.54, 1.807) is 12.1 Å². The molecule has 1 amide bonds. The number of carbonyl (C=O) groups is 2. The van der Waals surface area contributed by atoms with E-state index in [4.69, 9.17) is 4.42 Å². The molecular weight excluding hydrogens is 545 g/mol. The van der Waals surface area contributed by atoms with Crippen LogP contribution >= 0.6 is 22.6 Å². The molecule has 1 aliphatic heterocycles. The maximum atomic E-state index is 12.1. The summed E-state index contributed by atoms with van der Waals surface area (Å²) >= 11 is 1.98. The van der Waals surface area contributed by atoms with Crippen LogP contribution in [0.2, 0.25) is 0 Å². The monoisotopic (exact) mass is 569 g/mol. The van der Waals surface area contributed by atoms with E-state index in [1.807, 2.05) is 96.7 Å². The fraction of sp³-hybridized carbons (Fsp3) is 0.192. The number of aromatic carboxylic acids is 1. The number of nitrogens with one attached hydrogen (secondary N) is 1. The van der Waals surface area contributed by atoms with Gasteiger partial charge in [-0.1, -0.05) is 28.7 Å². The topological polar surface area (TPSA) is 88.6 Å². The van der Waals surface area contributed by atoms with Crippen LogP contribution in [0.1, 0.15) is 10.4 Å². The number of nitrogens with zero attached hydrogens (tertiary/aromatic N) is 2. The van der Waals surface area contributed by atoms with Crippen LogP contribution in [0.5, 0.6) is 0 Å². The minimum atomic E-state index is -1.29. The summed E-state index contributed by atoms with van der Waals surface area (Å²) in [5.74, 6) is -0.842. The van der Waals surface area contributed by atoms with Gasteiger partial charge in [0, 0.05) is 59.7 Å². The highest BCUT2D eigenvalue weighted by Crippen LogP contribution is 2.42. The summed E-state index contributed by atoms with van der Waals surface area (Å²) in [5, 5.41) is 16.6. The molecule has 8 heteroatoms. The van der Waals surface area contributed by atoms with Crippen molar-refractivity contribution in [2.45, 2.75) is 0 Å². The summed E-state index contributed by atoms with van der Waals surface area (Å²) in [4.78, 5) is 26.1. The molecule has 0 saturated heterocycles. The van der Waals surface area contributed by atoms with Gasteiger partial charge in [-0.2, -0.15) is 0 Å². The van der Waals surface area contributed by atoms with Crippen molar-refractivity contribution in [3.05, 3.63) is 65.5 Å². The van der Waals surface area contributed by atoms with Gasteiger partial charge < -0.3 is 24.5 Å². The molecule has 0 atom stereocenters. The number of rotatable bonds is 5. The molecule has 0 saturated carbocycles. The summed E-state index contributed by atoms with van der Waals surface area (Å²) in [5.41, 5.74) is 4.04. The first-order valence-corrected chi connectivity index (χ1v) is 12.1. The van der Waals surface area contributed by atoms with Crippen LogP contribution in [0.3, 0.4) is 0 Å². The maximum absolute atomic E-state index is 12.1. The van der Waals surface area contributed by atoms with Crippen molar-refractivity contribution in [2.24, 2.45) is 0 Å². The van der Waals surface area contributed by atoms with Crippen LogP contribution in [0.25, 0.3) is 33.4 Å². The third kappa shape index (κ3) is 4.50. The minimum Gasteiger partial charge on any atom is -0.545 e. The van der Waals surface area contributed by atoms with Gasteiger partial charge in [-0.15, -0.1) is 0 Å². The average Bonchev–Trinajstić information content (AvgIpc) is 2.81. The van der Waals surface area contributed by atoms with E-state index in [9.17, 15) is 14.7 Å². The highest BCUT2D eigenvalue weighted by atomic mass is 127. The Hall–Kier alpha value is -3.40. The van der Waals surface area contributed by atoms with Gasteiger partial charge in [0.2, 0.25) is 11.3 Å². The van der Waals surface area contributed by atoms with Crippen LogP contribution in [-0.2, 0) is 4.79 Å². The van der Waals surface area contributed by atoms with Crippen molar-refractivity contribution in [2.75, 3.05) is 42.8 Å². The van der Waals surface area contributed by atoms with Gasteiger partial charge in [0.05, 0.1) is 16.5 Å². The third-order valence-electron chi connectivity index (χ3n) is 5.64. The maximum Gasteiger partial charge on any atom is 0.234 e. The number of carboxylic acids is 1. The van der Waals surface area contributed by atoms with Gasteiger partial charge in [-0.05, 0) is 35.9 Å². The Kier molecular flexibility index (Phi) is 6.60. The molecule has 34 heavy (non-hydrogen) atoms. The fourth-order valence-corrected chi connectivity index (χ4v) is 4.11. The van der Waals surface area contributed by atoms with E-state index < -0.39 is 5.97 Å². The predicted octanol–water partition coefficient (Wildman–Crippen LogP) is 3.04. The second kappa shape index (κ2) is 9.46. The van der Waals surface area contributed by atoms with E-state index in [2.05, 4.69) is 5.32 Å². The van der Waals surface area contributed by atoms with Gasteiger partial charge >= 0.3 is 0 Å². The summed E-state index contributed by atoms with van der Waals surface area (Å²) < 4.78 is 8.57. The Morgan fingerprint density at radius 1 is 1.03 bits per heavy atom. The molecule has 2 aromatic carbocycles. The number of amides is 1. The lowest BCUT2D eigenvalue weighted by molar-refractivity contribution is -0.254. The lowest BCUT2D eigenvalue weighted by Crippen LogP contribution is -2.23. The van der Waals surface area contributed by atoms with Crippen molar-refractivity contribution in [1.82, 2.24) is 4.58 Å². The number of hydrogen-bond acceptors (Lipinski definition) is 5. The Morgan fingerprint density at radius 3 is 2.44 bits per heavy atom. The molecule has 0 spiro atoms. The number of benzene rings is 3. The van der Waals surface area contributed by atoms with Crippen molar-refractivity contribution in [3.8, 4) is 22.5 Å². The minimum absolute atomic E-state index is 0.0367. The van der Waals surface area contributed by atoms with Crippen molar-refractivity contribution < 1.29 is 19.1 Å². The molecular formula is C26H24IN3O4. The van der Waals surface area contributed by atoms with Crippen LogP contribution in [-0.4, -0.2) is 44.5 Å². The number of carbonyl (C=O) groups excluding carboxylic acids is 2. The first-order valence-electron chi connectivity index (χ1n) is 10.6. The van der Waals surface area contributed by atoms with Crippen LogP contribution < -0.4 is 25.3 Å². The first kappa shape index (κ1) is 23.7. The number of fused-ring (bicyclic) bond motifs is 2. The Morgan fingerprint density at radius 2 is 1.79 bits per heavy atom. The molecule has 1 N–H and O–H groups in total.